The Kier molecular flexibility index (Phi) is 9.12. The van der Waals surface area contributed by atoms with Crippen LogP contribution in [0.4, 0.5) is 8.78 Å². The summed E-state index contributed by atoms with van der Waals surface area (Å²) in [7, 11) is 0. The van der Waals surface area contributed by atoms with E-state index >= 15 is 8.78 Å². The van der Waals surface area contributed by atoms with Crippen molar-refractivity contribution >= 4 is 39.9 Å². The van der Waals surface area contributed by atoms with Crippen molar-refractivity contribution in [3.8, 4) is 5.75 Å². The summed E-state index contributed by atoms with van der Waals surface area (Å²) in [5, 5.41) is 15.8. The van der Waals surface area contributed by atoms with Crippen molar-refractivity contribution < 1.29 is 28.2 Å². The predicted octanol–water partition coefficient (Wildman–Crippen LogP) is 6.11. The molecular formula is C30H32Cl2F2N2O4. The number of halogens is 4. The van der Waals surface area contributed by atoms with Gasteiger partial charge in [0.1, 0.15) is 18.0 Å². The zero-order valence-electron chi connectivity index (χ0n) is 21.9. The second-order valence-electron chi connectivity index (χ2n) is 10.4. The van der Waals surface area contributed by atoms with Crippen LogP contribution in [0.15, 0.2) is 54.6 Å². The zero-order valence-corrected chi connectivity index (χ0v) is 23.4. The standard InChI is InChI=1S/C30H32Cl2F2N2O4/c31-23-7-4-19-15-22(6-3-20(19)16-23)30(33,34)29(38)35-26(18-36-11-1-2-12-36)28(37)21-5-8-27(25(32)17-21)40-24-9-13-39-14-10-24/h3-8,15-17,24,26,28,37H,1-2,9-14,18H2,(H,35,38)/t26-,28+/m1/s1. The number of amides is 1. The van der Waals surface area contributed by atoms with Gasteiger partial charge in [-0.15, -0.1) is 0 Å². The average Bonchev–Trinajstić information content (AvgIpc) is 3.46. The number of alkyl halides is 2. The third-order valence-corrected chi connectivity index (χ3v) is 8.09. The van der Waals surface area contributed by atoms with Gasteiger partial charge in [0.15, 0.2) is 0 Å². The Morgan fingerprint density at radius 2 is 1.75 bits per heavy atom. The van der Waals surface area contributed by atoms with Crippen LogP contribution >= 0.6 is 23.2 Å². The molecule has 3 aromatic carbocycles. The van der Waals surface area contributed by atoms with E-state index in [2.05, 4.69) is 10.2 Å². The molecule has 2 fully saturated rings. The number of ether oxygens (including phenoxy) is 2. The molecule has 1 amide bonds. The maximum absolute atomic E-state index is 15.5. The van der Waals surface area contributed by atoms with Gasteiger partial charge < -0.3 is 24.8 Å². The number of rotatable bonds is 9. The molecule has 2 saturated heterocycles. The molecule has 3 aromatic rings. The fourth-order valence-electron chi connectivity index (χ4n) is 5.27. The van der Waals surface area contributed by atoms with E-state index < -0.39 is 29.5 Å². The normalized spacial score (nSPS) is 18.5. The fraction of sp³-hybridized carbons (Fsp3) is 0.433. The molecule has 6 nitrogen and oxygen atoms in total. The van der Waals surface area contributed by atoms with E-state index in [1.807, 2.05) is 0 Å². The summed E-state index contributed by atoms with van der Waals surface area (Å²) in [4.78, 5) is 15.1. The number of aliphatic hydroxyl groups is 1. The van der Waals surface area contributed by atoms with Crippen LogP contribution in [0.3, 0.4) is 0 Å². The van der Waals surface area contributed by atoms with Crippen LogP contribution in [-0.2, 0) is 15.5 Å². The predicted molar refractivity (Wildman–Crippen MR) is 151 cm³/mol. The van der Waals surface area contributed by atoms with Crippen LogP contribution < -0.4 is 10.1 Å². The smallest absolute Gasteiger partial charge is 0.349 e. The molecule has 0 bridgehead atoms. The Morgan fingerprint density at radius 1 is 1.05 bits per heavy atom. The van der Waals surface area contributed by atoms with Gasteiger partial charge in [-0.1, -0.05) is 47.5 Å². The molecule has 0 radical (unpaired) electrons. The number of benzene rings is 3. The monoisotopic (exact) mass is 592 g/mol. The molecule has 0 spiro atoms. The lowest BCUT2D eigenvalue weighted by molar-refractivity contribution is -0.149. The third kappa shape index (κ3) is 6.69. The molecule has 0 saturated carbocycles. The van der Waals surface area contributed by atoms with E-state index in [4.69, 9.17) is 32.7 Å². The maximum Gasteiger partial charge on any atom is 0.349 e. The van der Waals surface area contributed by atoms with Crippen molar-refractivity contribution in [1.29, 1.82) is 0 Å². The van der Waals surface area contributed by atoms with Crippen molar-refractivity contribution in [2.75, 3.05) is 32.8 Å². The highest BCUT2D eigenvalue weighted by Gasteiger charge is 2.43. The quantitative estimate of drug-likeness (QED) is 0.314. The molecule has 2 atom stereocenters. The first-order chi connectivity index (χ1) is 19.2. The Hall–Kier alpha value is -2.49. The zero-order chi connectivity index (χ0) is 28.3. The number of carbonyl (C=O) groups excluding carboxylic acids is 1. The van der Waals surface area contributed by atoms with Crippen LogP contribution in [0.25, 0.3) is 10.8 Å². The molecular weight excluding hydrogens is 561 g/mol. The molecule has 2 heterocycles. The van der Waals surface area contributed by atoms with E-state index in [1.54, 1.807) is 36.4 Å². The van der Waals surface area contributed by atoms with Crippen LogP contribution in [0.1, 0.15) is 42.9 Å². The highest BCUT2D eigenvalue weighted by Crippen LogP contribution is 2.34. The summed E-state index contributed by atoms with van der Waals surface area (Å²) in [6.07, 6.45) is 2.16. The maximum atomic E-state index is 15.5. The molecule has 2 aliphatic rings. The summed E-state index contributed by atoms with van der Waals surface area (Å²) in [5.41, 5.74) is -0.0355. The minimum Gasteiger partial charge on any atom is -0.489 e. The van der Waals surface area contributed by atoms with Crippen LogP contribution in [0.2, 0.25) is 10.0 Å². The Labute approximate surface area is 242 Å². The van der Waals surface area contributed by atoms with Crippen LogP contribution in [0, 0.1) is 0 Å². The number of nitrogens with one attached hydrogen (secondary N) is 1. The second-order valence-corrected chi connectivity index (χ2v) is 11.3. The molecule has 0 aliphatic carbocycles. The molecule has 214 valence electrons. The van der Waals surface area contributed by atoms with E-state index in [1.165, 1.54) is 18.2 Å². The number of carbonyl (C=O) groups is 1. The Morgan fingerprint density at radius 3 is 2.48 bits per heavy atom. The number of hydrogen-bond acceptors (Lipinski definition) is 5. The summed E-state index contributed by atoms with van der Waals surface area (Å²) in [5.74, 6) is -4.82. The SMILES string of the molecule is O=C(N[C@H](CN1CCCC1)[C@@H](O)c1ccc(OC2CCOCC2)c(Cl)c1)C(F)(F)c1ccc2cc(Cl)ccc2c1. The Balaban J connectivity index is 1.34. The third-order valence-electron chi connectivity index (χ3n) is 7.56. The molecule has 5 rings (SSSR count). The molecule has 2 N–H and O–H groups in total. The fourth-order valence-corrected chi connectivity index (χ4v) is 5.69. The first-order valence-electron chi connectivity index (χ1n) is 13.5. The van der Waals surface area contributed by atoms with E-state index in [0.29, 0.717) is 45.3 Å². The van der Waals surface area contributed by atoms with Gasteiger partial charge in [0.05, 0.1) is 24.3 Å². The van der Waals surface area contributed by atoms with Gasteiger partial charge in [0.25, 0.3) is 5.91 Å². The van der Waals surface area contributed by atoms with Gasteiger partial charge in [0, 0.05) is 30.0 Å². The first-order valence-corrected chi connectivity index (χ1v) is 14.3. The number of nitrogens with zero attached hydrogens (tertiary/aromatic N) is 1. The summed E-state index contributed by atoms with van der Waals surface area (Å²) >= 11 is 12.5. The van der Waals surface area contributed by atoms with Gasteiger partial charge in [-0.3, -0.25) is 4.79 Å². The highest BCUT2D eigenvalue weighted by atomic mass is 35.5. The van der Waals surface area contributed by atoms with E-state index in [0.717, 1.165) is 38.8 Å². The molecule has 2 aliphatic heterocycles. The first kappa shape index (κ1) is 29.0. The lowest BCUT2D eigenvalue weighted by Crippen LogP contribution is -2.50. The molecule has 0 aromatic heterocycles. The van der Waals surface area contributed by atoms with Gasteiger partial charge in [-0.25, -0.2) is 0 Å². The largest absolute Gasteiger partial charge is 0.489 e. The number of likely N-dealkylation sites (tertiary alicyclic amines) is 1. The summed E-state index contributed by atoms with van der Waals surface area (Å²) < 4.78 is 42.3. The lowest BCUT2D eigenvalue weighted by atomic mass is 9.99. The van der Waals surface area contributed by atoms with Crippen molar-refractivity contribution in [2.24, 2.45) is 0 Å². The van der Waals surface area contributed by atoms with Crippen LogP contribution in [-0.4, -0.2) is 60.9 Å². The topological polar surface area (TPSA) is 71.0 Å². The van der Waals surface area contributed by atoms with Crippen molar-refractivity contribution in [1.82, 2.24) is 10.2 Å². The number of hydrogen-bond donors (Lipinski definition) is 2. The van der Waals surface area contributed by atoms with Crippen molar-refractivity contribution in [3.05, 3.63) is 75.8 Å². The van der Waals surface area contributed by atoms with Gasteiger partial charge in [-0.2, -0.15) is 8.78 Å². The van der Waals surface area contributed by atoms with E-state index in [-0.39, 0.29) is 12.6 Å². The number of fused-ring (bicyclic) bond motifs is 1. The highest BCUT2D eigenvalue weighted by molar-refractivity contribution is 6.32. The van der Waals surface area contributed by atoms with E-state index in [9.17, 15) is 9.90 Å². The summed E-state index contributed by atoms with van der Waals surface area (Å²) in [6.45, 7) is 2.99. The molecule has 0 unspecified atom stereocenters. The van der Waals surface area contributed by atoms with Gasteiger partial charge in [0.2, 0.25) is 0 Å². The average molecular weight is 593 g/mol. The summed E-state index contributed by atoms with van der Waals surface area (Å²) in [6, 6.07) is 12.8. The van der Waals surface area contributed by atoms with Gasteiger partial charge in [-0.05, 0) is 72.6 Å². The van der Waals surface area contributed by atoms with Crippen LogP contribution in [0.5, 0.6) is 5.75 Å². The van der Waals surface area contributed by atoms with Crippen molar-refractivity contribution in [3.63, 3.8) is 0 Å². The Bertz CT molecular complexity index is 1350. The molecule has 10 heteroatoms. The number of aliphatic hydroxyl groups excluding tert-OH is 1. The minimum atomic E-state index is -3.82. The van der Waals surface area contributed by atoms with Crippen molar-refractivity contribution in [2.45, 2.75) is 49.9 Å². The molecule has 40 heavy (non-hydrogen) atoms. The second kappa shape index (κ2) is 12.6. The lowest BCUT2D eigenvalue weighted by Gasteiger charge is -2.30. The van der Waals surface area contributed by atoms with Gasteiger partial charge >= 0.3 is 5.92 Å². The minimum absolute atomic E-state index is 0.0152.